The van der Waals surface area contributed by atoms with Crippen LogP contribution in [-0.2, 0) is 0 Å². The summed E-state index contributed by atoms with van der Waals surface area (Å²) in [6, 6.07) is 7.74. The Balaban J connectivity index is 2.04. The van der Waals surface area contributed by atoms with Crippen LogP contribution in [0.2, 0.25) is 0 Å². The Kier molecular flexibility index (Phi) is 4.88. The molecule has 0 saturated carbocycles. The van der Waals surface area contributed by atoms with Crippen molar-refractivity contribution in [1.82, 2.24) is 29.2 Å². The van der Waals surface area contributed by atoms with Crippen LogP contribution >= 0.6 is 8.37 Å². The Bertz CT molecular complexity index is 550. The van der Waals surface area contributed by atoms with Crippen molar-refractivity contribution in [3.63, 3.8) is 0 Å². The van der Waals surface area contributed by atoms with Gasteiger partial charge in [0.15, 0.2) is 6.73 Å². The number of aromatic nitrogens is 3. The lowest BCUT2D eigenvalue weighted by molar-refractivity contribution is 0.0437. The first-order valence-electron chi connectivity index (χ1n) is 6.30. The van der Waals surface area contributed by atoms with Gasteiger partial charge in [-0.2, -0.15) is 0 Å². The van der Waals surface area contributed by atoms with Gasteiger partial charge in [0.1, 0.15) is 19.4 Å². The van der Waals surface area contributed by atoms with Crippen molar-refractivity contribution in [2.45, 2.75) is 0 Å². The molecule has 110 valence electrons. The minimum absolute atomic E-state index is 0.440. The first-order valence-corrected chi connectivity index (χ1v) is 7.50. The van der Waals surface area contributed by atoms with E-state index in [1.807, 2.05) is 31.3 Å². The molecule has 2 rings (SSSR count). The molecule has 1 aromatic carbocycles. The van der Waals surface area contributed by atoms with Gasteiger partial charge < -0.3 is 4.84 Å². The van der Waals surface area contributed by atoms with Crippen LogP contribution in [0.25, 0.3) is 11.0 Å². The summed E-state index contributed by atoms with van der Waals surface area (Å²) in [5.74, 6) is 0. The van der Waals surface area contributed by atoms with Gasteiger partial charge in [-0.3, -0.25) is 9.34 Å². The molecule has 0 amide bonds. The van der Waals surface area contributed by atoms with E-state index in [1.165, 1.54) is 4.85 Å². The highest BCUT2D eigenvalue weighted by Gasteiger charge is 2.20. The molecule has 1 aromatic heterocycles. The minimum atomic E-state index is -0.551. The molecule has 0 unspecified atom stereocenters. The van der Waals surface area contributed by atoms with E-state index in [9.17, 15) is 0 Å². The van der Waals surface area contributed by atoms with E-state index in [0.29, 0.717) is 6.73 Å². The molecule has 0 radical (unpaired) electrons. The molecule has 0 aliphatic rings. The predicted molar refractivity (Wildman–Crippen MR) is 81.0 cm³/mol. The van der Waals surface area contributed by atoms with Gasteiger partial charge in [-0.05, 0) is 52.6 Å². The predicted octanol–water partition coefficient (Wildman–Crippen LogP) is 1.10. The molecule has 8 heteroatoms. The summed E-state index contributed by atoms with van der Waals surface area (Å²) in [6.45, 7) is 0.440. The fourth-order valence-corrected chi connectivity index (χ4v) is 4.19. The SMILES string of the molecule is CN(C)P(N(C)C)N(C)COn1nnc2ccccc21. The zero-order chi connectivity index (χ0) is 14.7. The summed E-state index contributed by atoms with van der Waals surface area (Å²) in [4.78, 5) is 7.21. The van der Waals surface area contributed by atoms with Gasteiger partial charge in [-0.15, -0.1) is 5.10 Å². The summed E-state index contributed by atoms with van der Waals surface area (Å²) < 4.78 is 6.50. The maximum absolute atomic E-state index is 5.73. The lowest BCUT2D eigenvalue weighted by atomic mass is 10.3. The molecule has 0 saturated heterocycles. The van der Waals surface area contributed by atoms with Gasteiger partial charge in [0.2, 0.25) is 0 Å². The number of benzene rings is 1. The third-order valence-corrected chi connectivity index (χ3v) is 4.87. The lowest BCUT2D eigenvalue weighted by Gasteiger charge is -2.36. The second-order valence-electron chi connectivity index (χ2n) is 4.83. The normalized spacial score (nSPS) is 12.2. The molecule has 0 N–H and O–H groups in total. The highest BCUT2D eigenvalue weighted by molar-refractivity contribution is 7.49. The van der Waals surface area contributed by atoms with E-state index in [4.69, 9.17) is 4.84 Å². The lowest BCUT2D eigenvalue weighted by Crippen LogP contribution is -2.33. The minimum Gasteiger partial charge on any atom is -0.378 e. The fraction of sp³-hybridized carbons (Fsp3) is 0.500. The maximum Gasteiger partial charge on any atom is 0.175 e. The van der Waals surface area contributed by atoms with Crippen molar-refractivity contribution in [3.8, 4) is 0 Å². The molecule has 0 aliphatic heterocycles. The van der Waals surface area contributed by atoms with Crippen molar-refractivity contribution >= 4 is 19.4 Å². The van der Waals surface area contributed by atoms with Crippen LogP contribution in [0.5, 0.6) is 0 Å². The Hall–Kier alpha value is -1.27. The van der Waals surface area contributed by atoms with Crippen molar-refractivity contribution < 1.29 is 4.84 Å². The zero-order valence-corrected chi connectivity index (χ0v) is 13.4. The number of rotatable bonds is 6. The highest BCUT2D eigenvalue weighted by atomic mass is 31.2. The van der Waals surface area contributed by atoms with E-state index in [1.54, 1.807) is 0 Å². The second kappa shape index (κ2) is 6.45. The monoisotopic (exact) mass is 296 g/mol. The Labute approximate surface area is 120 Å². The number of para-hydroxylation sites is 1. The Morgan fingerprint density at radius 2 is 1.75 bits per heavy atom. The van der Waals surface area contributed by atoms with E-state index >= 15 is 0 Å². The summed E-state index contributed by atoms with van der Waals surface area (Å²) in [5.41, 5.74) is 1.71. The quantitative estimate of drug-likeness (QED) is 0.588. The largest absolute Gasteiger partial charge is 0.378 e. The average molecular weight is 296 g/mol. The molecule has 1 heterocycles. The summed E-state index contributed by atoms with van der Waals surface area (Å²) in [7, 11) is 9.73. The summed E-state index contributed by atoms with van der Waals surface area (Å²) in [5, 5.41) is 8.08. The van der Waals surface area contributed by atoms with Crippen LogP contribution in [0, 0.1) is 0 Å². The fourth-order valence-electron chi connectivity index (χ4n) is 2.10. The van der Waals surface area contributed by atoms with Gasteiger partial charge in [0.25, 0.3) is 0 Å². The number of nitrogens with zero attached hydrogens (tertiary/aromatic N) is 6. The van der Waals surface area contributed by atoms with Crippen LogP contribution in [0.4, 0.5) is 0 Å². The number of hydrogen-bond acceptors (Lipinski definition) is 6. The van der Waals surface area contributed by atoms with Crippen LogP contribution in [-0.4, -0.2) is 71.1 Å². The highest BCUT2D eigenvalue weighted by Crippen LogP contribution is 2.41. The Morgan fingerprint density at radius 1 is 1.10 bits per heavy atom. The molecule has 0 spiro atoms. The maximum atomic E-state index is 5.73. The van der Waals surface area contributed by atoms with Gasteiger partial charge in [0.05, 0.1) is 0 Å². The van der Waals surface area contributed by atoms with Gasteiger partial charge in [-0.25, -0.2) is 4.67 Å². The number of fused-ring (bicyclic) bond motifs is 1. The molecule has 7 nitrogen and oxygen atoms in total. The second-order valence-corrected chi connectivity index (χ2v) is 7.65. The van der Waals surface area contributed by atoms with E-state index in [-0.39, 0.29) is 0 Å². The van der Waals surface area contributed by atoms with Gasteiger partial charge >= 0.3 is 0 Å². The third kappa shape index (κ3) is 3.24. The van der Waals surface area contributed by atoms with Crippen molar-refractivity contribution in [1.29, 1.82) is 0 Å². The van der Waals surface area contributed by atoms with Crippen LogP contribution < -0.4 is 4.84 Å². The first kappa shape index (κ1) is 15.1. The van der Waals surface area contributed by atoms with Crippen molar-refractivity contribution in [3.05, 3.63) is 24.3 Å². The van der Waals surface area contributed by atoms with E-state index in [0.717, 1.165) is 11.0 Å². The molecule has 0 aliphatic carbocycles. The third-order valence-electron chi connectivity index (χ3n) is 2.71. The molecule has 2 aromatic rings. The van der Waals surface area contributed by atoms with Gasteiger partial charge in [0, 0.05) is 0 Å². The van der Waals surface area contributed by atoms with E-state index < -0.39 is 8.37 Å². The van der Waals surface area contributed by atoms with Crippen molar-refractivity contribution in [2.75, 3.05) is 42.0 Å². The van der Waals surface area contributed by atoms with Crippen molar-refractivity contribution in [2.24, 2.45) is 0 Å². The average Bonchev–Trinajstić information content (AvgIpc) is 2.78. The first-order chi connectivity index (χ1) is 9.50. The molecule has 0 atom stereocenters. The van der Waals surface area contributed by atoms with Crippen LogP contribution in [0.15, 0.2) is 24.3 Å². The topological polar surface area (TPSA) is 49.7 Å². The molecular formula is C12H21N6OP. The molecular weight excluding hydrogens is 275 g/mol. The van der Waals surface area contributed by atoms with Crippen LogP contribution in [0.3, 0.4) is 0 Å². The smallest absolute Gasteiger partial charge is 0.175 e. The summed E-state index contributed by atoms with van der Waals surface area (Å²) >= 11 is 0. The van der Waals surface area contributed by atoms with E-state index in [2.05, 4.69) is 52.5 Å². The Morgan fingerprint density at radius 3 is 2.40 bits per heavy atom. The summed E-state index contributed by atoms with van der Waals surface area (Å²) in [6.07, 6.45) is 0. The standard InChI is InChI=1S/C12H21N6OP/c1-15(2)20(16(3)4)17(5)10-19-18-12-9-7-6-8-11(12)13-14-18/h6-9H,10H2,1-5H3. The molecule has 0 fully saturated rings. The van der Waals surface area contributed by atoms with Crippen LogP contribution in [0.1, 0.15) is 0 Å². The van der Waals surface area contributed by atoms with Gasteiger partial charge in [-0.1, -0.05) is 17.0 Å². The number of hydrogen-bond donors (Lipinski definition) is 0. The zero-order valence-electron chi connectivity index (χ0n) is 12.6. The molecule has 0 bridgehead atoms. The molecule has 20 heavy (non-hydrogen) atoms.